The van der Waals surface area contributed by atoms with E-state index in [1.165, 1.54) is 4.90 Å². The second-order valence-electron chi connectivity index (χ2n) is 9.81. The maximum Gasteiger partial charge on any atom is 0.271 e. The van der Waals surface area contributed by atoms with Crippen molar-refractivity contribution in [3.05, 3.63) is 82.6 Å². The van der Waals surface area contributed by atoms with E-state index in [2.05, 4.69) is 13.0 Å². The van der Waals surface area contributed by atoms with E-state index in [0.29, 0.717) is 29.8 Å². The van der Waals surface area contributed by atoms with Gasteiger partial charge in [-0.05, 0) is 67.8 Å². The van der Waals surface area contributed by atoms with Crippen LogP contribution < -0.4 is 4.74 Å². The number of amides is 2. The Morgan fingerprint density at radius 2 is 1.92 bits per heavy atom. The Balaban J connectivity index is 1.64. The van der Waals surface area contributed by atoms with E-state index in [4.69, 9.17) is 9.84 Å². The molecular formula is C31H30N4O3. The number of fused-ring (bicyclic) bond motifs is 1. The number of benzene rings is 2. The fraction of sp³-hybridized carbons (Fsp3) is 0.290. The third kappa shape index (κ3) is 4.66. The minimum absolute atomic E-state index is 0.00742. The van der Waals surface area contributed by atoms with Crippen molar-refractivity contribution in [2.75, 3.05) is 6.54 Å². The summed E-state index contributed by atoms with van der Waals surface area (Å²) in [6.07, 6.45) is 7.15. The molecule has 2 aliphatic rings. The molecule has 0 spiro atoms. The van der Waals surface area contributed by atoms with E-state index in [1.807, 2.05) is 61.7 Å². The van der Waals surface area contributed by atoms with E-state index in [1.54, 1.807) is 17.7 Å². The minimum Gasteiger partial charge on any atom is -0.490 e. The van der Waals surface area contributed by atoms with Gasteiger partial charge >= 0.3 is 0 Å². The van der Waals surface area contributed by atoms with E-state index in [0.717, 1.165) is 47.4 Å². The average molecular weight is 507 g/mol. The molecule has 1 unspecified atom stereocenters. The van der Waals surface area contributed by atoms with Crippen molar-refractivity contribution in [1.29, 1.82) is 5.26 Å². The second-order valence-corrected chi connectivity index (χ2v) is 9.81. The van der Waals surface area contributed by atoms with Crippen LogP contribution in [-0.4, -0.2) is 39.1 Å². The normalized spacial score (nSPS) is 18.1. The van der Waals surface area contributed by atoms with Crippen LogP contribution >= 0.6 is 0 Å². The Morgan fingerprint density at radius 3 is 2.66 bits per heavy atom. The SMILES string of the molecule is CCCCCN1C(=O)C(C#N)=C(C)/C(=C\c2cn(-c3ccccc3)nc2-c2ccc3c(c2)CC(C)O3)C1=O. The number of carbonyl (C=O) groups excluding carboxylic acids is 2. The molecule has 5 rings (SSSR count). The molecule has 2 aliphatic heterocycles. The lowest BCUT2D eigenvalue weighted by Crippen LogP contribution is -2.43. The molecule has 7 heteroatoms. The van der Waals surface area contributed by atoms with Crippen molar-refractivity contribution in [3.8, 4) is 28.8 Å². The van der Waals surface area contributed by atoms with Crippen LogP contribution in [0.3, 0.4) is 0 Å². The fourth-order valence-electron chi connectivity index (χ4n) is 5.01. The van der Waals surface area contributed by atoms with Crippen molar-refractivity contribution in [2.24, 2.45) is 0 Å². The minimum atomic E-state index is -0.517. The first kappa shape index (κ1) is 25.2. The van der Waals surface area contributed by atoms with Crippen LogP contribution in [0.2, 0.25) is 0 Å². The number of nitriles is 1. The third-order valence-corrected chi connectivity index (χ3v) is 7.04. The number of ether oxygens (including phenoxy) is 1. The molecule has 3 aromatic rings. The van der Waals surface area contributed by atoms with E-state index in [9.17, 15) is 14.9 Å². The Kier molecular flexibility index (Phi) is 6.97. The zero-order valence-electron chi connectivity index (χ0n) is 21.9. The van der Waals surface area contributed by atoms with Crippen molar-refractivity contribution < 1.29 is 14.3 Å². The van der Waals surface area contributed by atoms with Crippen molar-refractivity contribution >= 4 is 17.9 Å². The number of aromatic nitrogens is 2. The summed E-state index contributed by atoms with van der Waals surface area (Å²) in [6.45, 7) is 6.07. The van der Waals surface area contributed by atoms with Gasteiger partial charge in [-0.25, -0.2) is 4.68 Å². The van der Waals surface area contributed by atoms with Crippen LogP contribution in [0.4, 0.5) is 0 Å². The number of carbonyl (C=O) groups is 2. The summed E-state index contributed by atoms with van der Waals surface area (Å²) in [4.78, 5) is 27.7. The number of unbranched alkanes of at least 4 members (excludes halogenated alkanes) is 2. The lowest BCUT2D eigenvalue weighted by molar-refractivity contribution is -0.140. The molecule has 2 aromatic carbocycles. The molecule has 1 atom stereocenters. The molecule has 38 heavy (non-hydrogen) atoms. The highest BCUT2D eigenvalue weighted by Gasteiger charge is 2.35. The molecule has 192 valence electrons. The van der Waals surface area contributed by atoms with E-state index in [-0.39, 0.29) is 17.6 Å². The first-order valence-electron chi connectivity index (χ1n) is 13.1. The van der Waals surface area contributed by atoms with Crippen molar-refractivity contribution in [2.45, 2.75) is 52.6 Å². The molecule has 1 aromatic heterocycles. The molecule has 0 radical (unpaired) electrons. The summed E-state index contributed by atoms with van der Waals surface area (Å²) in [5.74, 6) is -0.0156. The van der Waals surface area contributed by atoms with Crippen LogP contribution in [0.15, 0.2) is 71.4 Å². The monoisotopic (exact) mass is 506 g/mol. The first-order valence-corrected chi connectivity index (χ1v) is 13.1. The standard InChI is InChI=1S/C31H30N4O3/c1-4-5-9-14-34-30(36)26(21(3)27(18-32)31(34)37)17-24-19-35(25-10-7-6-8-11-25)33-29(24)22-12-13-28-23(16-22)15-20(2)38-28/h6-8,10-13,16-17,19-20H,4-5,9,14-15H2,1-3H3/b26-17+. The van der Waals surface area contributed by atoms with Crippen molar-refractivity contribution in [1.82, 2.24) is 14.7 Å². The predicted molar refractivity (Wildman–Crippen MR) is 145 cm³/mol. The number of para-hydroxylation sites is 1. The summed E-state index contributed by atoms with van der Waals surface area (Å²) in [5.41, 5.74) is 5.08. The molecule has 7 nitrogen and oxygen atoms in total. The van der Waals surface area contributed by atoms with Gasteiger partial charge in [0.25, 0.3) is 11.8 Å². The van der Waals surface area contributed by atoms with Crippen LogP contribution in [-0.2, 0) is 16.0 Å². The highest BCUT2D eigenvalue weighted by molar-refractivity contribution is 6.19. The Morgan fingerprint density at radius 1 is 1.13 bits per heavy atom. The summed E-state index contributed by atoms with van der Waals surface area (Å²) >= 11 is 0. The summed E-state index contributed by atoms with van der Waals surface area (Å²) in [6, 6.07) is 17.8. The Hall–Kier alpha value is -4.44. The molecule has 0 N–H and O–H groups in total. The molecule has 0 aliphatic carbocycles. The molecule has 0 saturated heterocycles. The Labute approximate surface area is 222 Å². The van der Waals surface area contributed by atoms with Crippen LogP contribution in [0.1, 0.15) is 51.2 Å². The van der Waals surface area contributed by atoms with E-state index < -0.39 is 5.91 Å². The van der Waals surface area contributed by atoms with Gasteiger partial charge in [0.15, 0.2) is 0 Å². The molecule has 0 fully saturated rings. The summed E-state index contributed by atoms with van der Waals surface area (Å²) in [5, 5.41) is 14.7. The van der Waals surface area contributed by atoms with Gasteiger partial charge in [0.1, 0.15) is 23.5 Å². The lowest BCUT2D eigenvalue weighted by Gasteiger charge is -2.27. The van der Waals surface area contributed by atoms with Gasteiger partial charge in [0.2, 0.25) is 0 Å². The molecule has 0 bridgehead atoms. The highest BCUT2D eigenvalue weighted by Crippen LogP contribution is 2.35. The van der Waals surface area contributed by atoms with Crippen molar-refractivity contribution in [3.63, 3.8) is 0 Å². The Bertz CT molecular complexity index is 1510. The highest BCUT2D eigenvalue weighted by atomic mass is 16.5. The number of hydrogen-bond acceptors (Lipinski definition) is 5. The van der Waals surface area contributed by atoms with Crippen LogP contribution in [0.5, 0.6) is 5.75 Å². The quantitative estimate of drug-likeness (QED) is 0.235. The maximum atomic E-state index is 13.6. The third-order valence-electron chi connectivity index (χ3n) is 7.04. The van der Waals surface area contributed by atoms with Gasteiger partial charge in [0, 0.05) is 35.9 Å². The number of hydrogen-bond donors (Lipinski definition) is 0. The largest absolute Gasteiger partial charge is 0.490 e. The predicted octanol–water partition coefficient (Wildman–Crippen LogP) is 5.65. The zero-order chi connectivity index (χ0) is 26.8. The smallest absolute Gasteiger partial charge is 0.271 e. The molecule has 3 heterocycles. The lowest BCUT2D eigenvalue weighted by atomic mass is 9.93. The number of nitrogens with zero attached hydrogens (tertiary/aromatic N) is 4. The van der Waals surface area contributed by atoms with Crippen LogP contribution in [0, 0.1) is 11.3 Å². The summed E-state index contributed by atoms with van der Waals surface area (Å²) in [7, 11) is 0. The van der Waals surface area contributed by atoms with E-state index >= 15 is 0 Å². The van der Waals surface area contributed by atoms with Gasteiger partial charge in [-0.1, -0.05) is 38.0 Å². The van der Waals surface area contributed by atoms with Gasteiger partial charge in [0.05, 0.1) is 11.4 Å². The fourth-order valence-corrected chi connectivity index (χ4v) is 5.01. The van der Waals surface area contributed by atoms with Gasteiger partial charge in [-0.3, -0.25) is 14.5 Å². The molecule has 2 amide bonds. The van der Waals surface area contributed by atoms with Gasteiger partial charge < -0.3 is 4.74 Å². The maximum absolute atomic E-state index is 13.6. The van der Waals surface area contributed by atoms with Crippen LogP contribution in [0.25, 0.3) is 23.0 Å². The summed E-state index contributed by atoms with van der Waals surface area (Å²) < 4.78 is 7.67. The number of rotatable bonds is 7. The first-order chi connectivity index (χ1) is 18.4. The van der Waals surface area contributed by atoms with Gasteiger partial charge in [-0.15, -0.1) is 0 Å². The van der Waals surface area contributed by atoms with Gasteiger partial charge in [-0.2, -0.15) is 10.4 Å². The number of imide groups is 1. The second kappa shape index (κ2) is 10.5. The molecular weight excluding hydrogens is 476 g/mol. The molecule has 0 saturated carbocycles. The zero-order valence-corrected chi connectivity index (χ0v) is 21.9. The topological polar surface area (TPSA) is 88.2 Å². The average Bonchev–Trinajstić information content (AvgIpc) is 3.51.